The van der Waals surface area contributed by atoms with Crippen LogP contribution in [0.2, 0.25) is 5.02 Å². The number of carbonyl (C=O) groups excluding carboxylic acids is 1. The minimum atomic E-state index is -0.212. The lowest BCUT2D eigenvalue weighted by molar-refractivity contribution is 0.0952. The summed E-state index contributed by atoms with van der Waals surface area (Å²) in [6.45, 7) is 1.10. The van der Waals surface area contributed by atoms with Gasteiger partial charge in [-0.05, 0) is 42.0 Å². The van der Waals surface area contributed by atoms with E-state index in [0.717, 1.165) is 11.1 Å². The number of nitrogens with one attached hydrogen (secondary N) is 1. The first-order chi connectivity index (χ1) is 14.1. The number of benzene rings is 2. The average molecular weight is 407 g/mol. The van der Waals surface area contributed by atoms with Crippen LogP contribution in [0, 0.1) is 0 Å². The molecule has 0 saturated heterocycles. The Morgan fingerprint density at radius 3 is 2.48 bits per heavy atom. The summed E-state index contributed by atoms with van der Waals surface area (Å²) in [5.74, 6) is -0.212. The SMILES string of the molecule is O=C(NCCn1c(=O)n(Cc2ccccc2)c2cccnc21)c1ccc(Cl)cc1. The average Bonchev–Trinajstić information content (AvgIpc) is 3.01. The van der Waals surface area contributed by atoms with Crippen molar-refractivity contribution in [3.8, 4) is 0 Å². The van der Waals surface area contributed by atoms with Gasteiger partial charge in [0.15, 0.2) is 5.65 Å². The molecule has 0 fully saturated rings. The van der Waals surface area contributed by atoms with Gasteiger partial charge in [0.05, 0.1) is 12.1 Å². The molecule has 0 bridgehead atoms. The second-order valence-electron chi connectivity index (χ2n) is 6.61. The predicted molar refractivity (Wildman–Crippen MR) is 113 cm³/mol. The van der Waals surface area contributed by atoms with Gasteiger partial charge in [-0.15, -0.1) is 0 Å². The fourth-order valence-corrected chi connectivity index (χ4v) is 3.38. The fourth-order valence-electron chi connectivity index (χ4n) is 3.25. The van der Waals surface area contributed by atoms with E-state index in [9.17, 15) is 9.59 Å². The van der Waals surface area contributed by atoms with Gasteiger partial charge in [0.1, 0.15) is 0 Å². The topological polar surface area (TPSA) is 68.9 Å². The summed E-state index contributed by atoms with van der Waals surface area (Å²) < 4.78 is 3.30. The predicted octanol–water partition coefficient (Wildman–Crippen LogP) is 3.33. The zero-order valence-corrected chi connectivity index (χ0v) is 16.3. The highest BCUT2D eigenvalue weighted by molar-refractivity contribution is 6.30. The standard InChI is InChI=1S/C22H19ClN4O2/c23-18-10-8-17(9-11-18)21(28)25-13-14-26-20-19(7-4-12-24-20)27(22(26)29)15-16-5-2-1-3-6-16/h1-12H,13-15H2,(H,25,28). The Bertz CT molecular complexity index is 1200. The molecule has 146 valence electrons. The molecular weight excluding hydrogens is 388 g/mol. The van der Waals surface area contributed by atoms with Crippen LogP contribution in [0.1, 0.15) is 15.9 Å². The Labute approximate surface area is 172 Å². The van der Waals surface area contributed by atoms with Crippen LogP contribution in [0.4, 0.5) is 0 Å². The van der Waals surface area contributed by atoms with Crippen molar-refractivity contribution in [3.05, 3.63) is 99.6 Å². The molecule has 0 radical (unpaired) electrons. The smallest absolute Gasteiger partial charge is 0.330 e. The van der Waals surface area contributed by atoms with E-state index in [0.29, 0.717) is 35.9 Å². The van der Waals surface area contributed by atoms with Gasteiger partial charge in [-0.25, -0.2) is 9.78 Å². The number of hydrogen-bond acceptors (Lipinski definition) is 3. The molecule has 7 heteroatoms. The highest BCUT2D eigenvalue weighted by Crippen LogP contribution is 2.12. The number of hydrogen-bond donors (Lipinski definition) is 1. The summed E-state index contributed by atoms with van der Waals surface area (Å²) in [5.41, 5.74) is 2.78. The van der Waals surface area contributed by atoms with Crippen LogP contribution in [0.15, 0.2) is 77.7 Å². The molecular formula is C22H19ClN4O2. The maximum atomic E-state index is 13.0. The number of rotatable bonds is 6. The third-order valence-corrected chi connectivity index (χ3v) is 4.94. The molecule has 2 aromatic heterocycles. The van der Waals surface area contributed by atoms with Crippen molar-refractivity contribution in [2.75, 3.05) is 6.54 Å². The van der Waals surface area contributed by atoms with Gasteiger partial charge in [0.2, 0.25) is 0 Å². The van der Waals surface area contributed by atoms with E-state index in [2.05, 4.69) is 10.3 Å². The number of fused-ring (bicyclic) bond motifs is 1. The van der Waals surface area contributed by atoms with Gasteiger partial charge >= 0.3 is 5.69 Å². The first kappa shape index (κ1) is 19.0. The zero-order chi connectivity index (χ0) is 20.2. The van der Waals surface area contributed by atoms with Crippen molar-refractivity contribution in [1.82, 2.24) is 19.4 Å². The van der Waals surface area contributed by atoms with E-state index in [1.165, 1.54) is 0 Å². The lowest BCUT2D eigenvalue weighted by Crippen LogP contribution is -2.32. The van der Waals surface area contributed by atoms with Crippen molar-refractivity contribution in [2.24, 2.45) is 0 Å². The number of imidazole rings is 1. The van der Waals surface area contributed by atoms with Crippen molar-refractivity contribution in [3.63, 3.8) is 0 Å². The van der Waals surface area contributed by atoms with Crippen molar-refractivity contribution in [1.29, 1.82) is 0 Å². The molecule has 4 rings (SSSR count). The van der Waals surface area contributed by atoms with E-state index in [4.69, 9.17) is 11.6 Å². The maximum absolute atomic E-state index is 13.0. The van der Waals surface area contributed by atoms with Crippen molar-refractivity contribution in [2.45, 2.75) is 13.1 Å². The molecule has 0 saturated carbocycles. The van der Waals surface area contributed by atoms with E-state index < -0.39 is 0 Å². The summed E-state index contributed by atoms with van der Waals surface area (Å²) in [6.07, 6.45) is 1.66. The quantitative estimate of drug-likeness (QED) is 0.534. The van der Waals surface area contributed by atoms with Gasteiger partial charge in [-0.1, -0.05) is 41.9 Å². The highest BCUT2D eigenvalue weighted by Gasteiger charge is 2.14. The summed E-state index contributed by atoms with van der Waals surface area (Å²) in [5, 5.41) is 3.41. The fraction of sp³-hybridized carbons (Fsp3) is 0.136. The van der Waals surface area contributed by atoms with Gasteiger partial charge in [0.25, 0.3) is 5.91 Å². The number of pyridine rings is 1. The molecule has 29 heavy (non-hydrogen) atoms. The van der Waals surface area contributed by atoms with Crippen LogP contribution in [0.5, 0.6) is 0 Å². The van der Waals surface area contributed by atoms with Crippen LogP contribution < -0.4 is 11.0 Å². The van der Waals surface area contributed by atoms with E-state index in [-0.39, 0.29) is 11.6 Å². The summed E-state index contributed by atoms with van der Waals surface area (Å²) in [7, 11) is 0. The van der Waals surface area contributed by atoms with Crippen LogP contribution >= 0.6 is 11.6 Å². The number of amides is 1. The lowest BCUT2D eigenvalue weighted by Gasteiger charge is -2.06. The van der Waals surface area contributed by atoms with Gasteiger partial charge in [-0.3, -0.25) is 13.9 Å². The number of nitrogens with zero attached hydrogens (tertiary/aromatic N) is 3. The second-order valence-corrected chi connectivity index (χ2v) is 7.05. The molecule has 0 aliphatic rings. The van der Waals surface area contributed by atoms with Crippen LogP contribution in [-0.4, -0.2) is 26.6 Å². The first-order valence-corrected chi connectivity index (χ1v) is 9.63. The zero-order valence-electron chi connectivity index (χ0n) is 15.6. The molecule has 0 unspecified atom stereocenters. The van der Waals surface area contributed by atoms with Crippen LogP contribution in [0.25, 0.3) is 11.2 Å². The second kappa shape index (κ2) is 8.32. The molecule has 0 spiro atoms. The van der Waals surface area contributed by atoms with Gasteiger partial charge in [0, 0.05) is 29.9 Å². The Kier molecular flexibility index (Phi) is 5.44. The third kappa shape index (κ3) is 4.07. The Hall–Kier alpha value is -3.38. The van der Waals surface area contributed by atoms with E-state index in [1.54, 1.807) is 39.6 Å². The third-order valence-electron chi connectivity index (χ3n) is 4.69. The van der Waals surface area contributed by atoms with E-state index in [1.807, 2.05) is 42.5 Å². The largest absolute Gasteiger partial charge is 0.350 e. The normalized spacial score (nSPS) is 10.9. The van der Waals surface area contributed by atoms with Crippen molar-refractivity contribution >= 4 is 28.7 Å². The molecule has 1 amide bonds. The Morgan fingerprint density at radius 1 is 0.966 bits per heavy atom. The molecule has 0 aliphatic carbocycles. The lowest BCUT2D eigenvalue weighted by atomic mass is 10.2. The minimum Gasteiger partial charge on any atom is -0.350 e. The number of halogens is 1. The monoisotopic (exact) mass is 406 g/mol. The molecule has 0 aliphatic heterocycles. The Balaban J connectivity index is 1.54. The molecule has 6 nitrogen and oxygen atoms in total. The Morgan fingerprint density at radius 2 is 1.72 bits per heavy atom. The van der Waals surface area contributed by atoms with Gasteiger partial charge in [-0.2, -0.15) is 0 Å². The molecule has 1 N–H and O–H groups in total. The highest BCUT2D eigenvalue weighted by atomic mass is 35.5. The van der Waals surface area contributed by atoms with Crippen LogP contribution in [-0.2, 0) is 13.1 Å². The minimum absolute atomic E-state index is 0.150. The van der Waals surface area contributed by atoms with Gasteiger partial charge < -0.3 is 5.32 Å². The molecule has 2 heterocycles. The molecule has 4 aromatic rings. The summed E-state index contributed by atoms with van der Waals surface area (Å²) in [4.78, 5) is 29.7. The summed E-state index contributed by atoms with van der Waals surface area (Å²) >= 11 is 5.85. The molecule has 0 atom stereocenters. The van der Waals surface area contributed by atoms with Crippen molar-refractivity contribution < 1.29 is 4.79 Å². The first-order valence-electron chi connectivity index (χ1n) is 9.25. The molecule has 2 aromatic carbocycles. The van der Waals surface area contributed by atoms with Crippen LogP contribution in [0.3, 0.4) is 0 Å². The number of carbonyl (C=O) groups is 1. The maximum Gasteiger partial charge on any atom is 0.330 e. The summed E-state index contributed by atoms with van der Waals surface area (Å²) in [6, 6.07) is 20.2. The number of aromatic nitrogens is 3. The van der Waals surface area contributed by atoms with E-state index >= 15 is 0 Å².